The van der Waals surface area contributed by atoms with Gasteiger partial charge in [0.25, 0.3) is 0 Å². The van der Waals surface area contributed by atoms with Gasteiger partial charge in [-0.2, -0.15) is 0 Å². The van der Waals surface area contributed by atoms with Crippen LogP contribution in [0.1, 0.15) is 53.4 Å². The van der Waals surface area contributed by atoms with E-state index in [2.05, 4.69) is 27.7 Å². The molecule has 1 fully saturated rings. The van der Waals surface area contributed by atoms with Crippen LogP contribution in [0.3, 0.4) is 0 Å². The fourth-order valence-electron chi connectivity index (χ4n) is 2.97. The third-order valence-corrected chi connectivity index (χ3v) is 3.68. The largest absolute Gasteiger partial charge is 0.341 e. The summed E-state index contributed by atoms with van der Waals surface area (Å²) in [5.74, 6) is 2.04. The lowest BCUT2D eigenvalue weighted by Gasteiger charge is -2.35. The second-order valence-corrected chi connectivity index (χ2v) is 6.66. The Morgan fingerprint density at radius 2 is 1.89 bits per heavy atom. The van der Waals surface area contributed by atoms with E-state index in [4.69, 9.17) is 5.73 Å². The number of hydrogen-bond donors (Lipinski definition) is 1. The fraction of sp³-hybridized carbons (Fsp3) is 0.933. The molecular weight excluding hydrogens is 260 g/mol. The number of nitrogens with two attached hydrogens (primary N) is 1. The highest BCUT2D eigenvalue weighted by molar-refractivity contribution is 5.85. The Kier molecular flexibility index (Phi) is 8.67. The Morgan fingerprint density at radius 3 is 2.42 bits per heavy atom. The molecule has 4 heteroatoms. The summed E-state index contributed by atoms with van der Waals surface area (Å²) in [6.45, 7) is 10.6. The van der Waals surface area contributed by atoms with Gasteiger partial charge in [0.2, 0.25) is 5.91 Å². The predicted octanol–water partition coefficient (Wildman–Crippen LogP) is 3.07. The number of carbonyl (C=O) groups is 1. The molecule has 2 N–H and O–H groups in total. The summed E-state index contributed by atoms with van der Waals surface area (Å²) in [4.78, 5) is 14.3. The first-order valence-electron chi connectivity index (χ1n) is 7.44. The quantitative estimate of drug-likeness (QED) is 0.846. The van der Waals surface area contributed by atoms with Crippen molar-refractivity contribution in [1.29, 1.82) is 0 Å². The smallest absolute Gasteiger partial charge is 0.239 e. The highest BCUT2D eigenvalue weighted by Crippen LogP contribution is 2.23. The Bertz CT molecular complexity index is 269. The molecule has 1 saturated heterocycles. The minimum Gasteiger partial charge on any atom is -0.341 e. The Labute approximate surface area is 124 Å². The SMILES string of the molecule is CC(C)CC1CCCN(C(=O)[C@@H](N)CC(C)C)C1.Cl. The van der Waals surface area contributed by atoms with Crippen LogP contribution in [0.15, 0.2) is 0 Å². The molecular formula is C15H31ClN2O. The molecule has 0 saturated carbocycles. The van der Waals surface area contributed by atoms with Crippen LogP contribution in [0, 0.1) is 17.8 Å². The number of likely N-dealkylation sites (tertiary alicyclic amines) is 1. The maximum absolute atomic E-state index is 12.3. The van der Waals surface area contributed by atoms with Gasteiger partial charge in [-0.3, -0.25) is 4.79 Å². The molecule has 0 aromatic heterocycles. The zero-order valence-electron chi connectivity index (χ0n) is 12.9. The first-order valence-corrected chi connectivity index (χ1v) is 7.44. The van der Waals surface area contributed by atoms with Gasteiger partial charge in [0.15, 0.2) is 0 Å². The van der Waals surface area contributed by atoms with Gasteiger partial charge in [-0.15, -0.1) is 12.4 Å². The number of amides is 1. The summed E-state index contributed by atoms with van der Waals surface area (Å²) in [6, 6.07) is -0.303. The third kappa shape index (κ3) is 6.62. The van der Waals surface area contributed by atoms with E-state index < -0.39 is 0 Å². The third-order valence-electron chi connectivity index (χ3n) is 3.68. The second kappa shape index (κ2) is 8.80. The number of hydrogen-bond acceptors (Lipinski definition) is 2. The molecule has 1 heterocycles. The molecule has 1 rings (SSSR count). The maximum Gasteiger partial charge on any atom is 0.239 e. The van der Waals surface area contributed by atoms with Crippen LogP contribution in [0.25, 0.3) is 0 Å². The van der Waals surface area contributed by atoms with Crippen LogP contribution >= 0.6 is 12.4 Å². The molecule has 1 aliphatic rings. The van der Waals surface area contributed by atoms with Gasteiger partial charge in [-0.25, -0.2) is 0 Å². The van der Waals surface area contributed by atoms with E-state index in [-0.39, 0.29) is 24.4 Å². The van der Waals surface area contributed by atoms with Crippen LogP contribution in [-0.2, 0) is 4.79 Å². The summed E-state index contributed by atoms with van der Waals surface area (Å²) in [5, 5.41) is 0. The molecule has 0 aliphatic carbocycles. The van der Waals surface area contributed by atoms with Crippen LogP contribution in [0.5, 0.6) is 0 Å². The second-order valence-electron chi connectivity index (χ2n) is 6.66. The molecule has 0 spiro atoms. The highest BCUT2D eigenvalue weighted by Gasteiger charge is 2.27. The summed E-state index contributed by atoms with van der Waals surface area (Å²) < 4.78 is 0. The molecule has 0 bridgehead atoms. The van der Waals surface area contributed by atoms with Crippen LogP contribution in [0.2, 0.25) is 0 Å². The van der Waals surface area contributed by atoms with E-state index >= 15 is 0 Å². The molecule has 19 heavy (non-hydrogen) atoms. The van der Waals surface area contributed by atoms with Crippen molar-refractivity contribution in [3.8, 4) is 0 Å². The average Bonchev–Trinajstić information content (AvgIpc) is 2.26. The van der Waals surface area contributed by atoms with E-state index in [9.17, 15) is 4.79 Å². The molecule has 1 aliphatic heterocycles. The van der Waals surface area contributed by atoms with Crippen molar-refractivity contribution < 1.29 is 4.79 Å². The average molecular weight is 291 g/mol. The first kappa shape index (κ1) is 18.7. The van der Waals surface area contributed by atoms with Gasteiger partial charge in [0, 0.05) is 13.1 Å². The number of carbonyl (C=O) groups excluding carboxylic acids is 1. The van der Waals surface area contributed by atoms with Crippen LogP contribution in [0.4, 0.5) is 0 Å². The van der Waals surface area contributed by atoms with Crippen LogP contribution in [-0.4, -0.2) is 29.9 Å². The van der Waals surface area contributed by atoms with Gasteiger partial charge in [0.1, 0.15) is 0 Å². The molecule has 0 aromatic rings. The topological polar surface area (TPSA) is 46.3 Å². The van der Waals surface area contributed by atoms with Crippen molar-refractivity contribution in [2.75, 3.05) is 13.1 Å². The molecule has 2 atom stereocenters. The van der Waals surface area contributed by atoms with Gasteiger partial charge >= 0.3 is 0 Å². The zero-order valence-corrected chi connectivity index (χ0v) is 13.7. The molecule has 3 nitrogen and oxygen atoms in total. The standard InChI is InChI=1S/C15H30N2O.ClH/c1-11(2)8-13-6-5-7-17(10-13)15(18)14(16)9-12(3)4;/h11-14H,5-10,16H2,1-4H3;1H/t13?,14-;/m0./s1. The maximum atomic E-state index is 12.3. The highest BCUT2D eigenvalue weighted by atomic mass is 35.5. The lowest BCUT2D eigenvalue weighted by atomic mass is 9.89. The minimum absolute atomic E-state index is 0. The van der Waals surface area contributed by atoms with Crippen molar-refractivity contribution in [3.63, 3.8) is 0 Å². The fourth-order valence-corrected chi connectivity index (χ4v) is 2.97. The zero-order chi connectivity index (χ0) is 13.7. The van der Waals surface area contributed by atoms with Gasteiger partial charge < -0.3 is 10.6 Å². The Morgan fingerprint density at radius 1 is 1.26 bits per heavy atom. The van der Waals surface area contributed by atoms with Gasteiger partial charge in [0.05, 0.1) is 6.04 Å². The summed E-state index contributed by atoms with van der Waals surface area (Å²) in [6.07, 6.45) is 4.42. The van der Waals surface area contributed by atoms with E-state index in [1.165, 1.54) is 12.8 Å². The summed E-state index contributed by atoms with van der Waals surface area (Å²) in [5.41, 5.74) is 6.00. The van der Waals surface area contributed by atoms with Crippen LogP contribution < -0.4 is 5.73 Å². The molecule has 1 amide bonds. The molecule has 114 valence electrons. The van der Waals surface area contributed by atoms with Crippen molar-refractivity contribution in [1.82, 2.24) is 4.90 Å². The Balaban J connectivity index is 0.00000324. The van der Waals surface area contributed by atoms with E-state index in [0.29, 0.717) is 11.8 Å². The first-order chi connectivity index (χ1) is 8.40. The number of rotatable bonds is 5. The lowest BCUT2D eigenvalue weighted by Crippen LogP contribution is -2.48. The normalized spacial score (nSPS) is 21.4. The van der Waals surface area contributed by atoms with Gasteiger partial charge in [-0.05, 0) is 43.4 Å². The molecule has 1 unspecified atom stereocenters. The monoisotopic (exact) mass is 290 g/mol. The lowest BCUT2D eigenvalue weighted by molar-refractivity contribution is -0.134. The van der Waals surface area contributed by atoms with Crippen molar-refractivity contribution in [2.24, 2.45) is 23.5 Å². The molecule has 0 radical (unpaired) electrons. The summed E-state index contributed by atoms with van der Waals surface area (Å²) in [7, 11) is 0. The van der Waals surface area contributed by atoms with E-state index in [1.807, 2.05) is 4.90 Å². The minimum atomic E-state index is -0.303. The van der Waals surface area contributed by atoms with E-state index in [0.717, 1.165) is 31.8 Å². The number of piperidine rings is 1. The van der Waals surface area contributed by atoms with E-state index in [1.54, 1.807) is 0 Å². The van der Waals surface area contributed by atoms with Crippen molar-refractivity contribution in [2.45, 2.75) is 59.4 Å². The van der Waals surface area contributed by atoms with Crippen molar-refractivity contribution in [3.05, 3.63) is 0 Å². The molecule has 0 aromatic carbocycles. The number of halogens is 1. The van der Waals surface area contributed by atoms with Gasteiger partial charge in [-0.1, -0.05) is 27.7 Å². The number of nitrogens with zero attached hydrogens (tertiary/aromatic N) is 1. The predicted molar refractivity (Wildman–Crippen MR) is 83.4 cm³/mol. The summed E-state index contributed by atoms with van der Waals surface area (Å²) >= 11 is 0. The van der Waals surface area contributed by atoms with Crippen molar-refractivity contribution >= 4 is 18.3 Å². The Hall–Kier alpha value is -0.280.